The van der Waals surface area contributed by atoms with Gasteiger partial charge in [-0.25, -0.2) is 14.4 Å². The van der Waals surface area contributed by atoms with E-state index in [4.69, 9.17) is 4.74 Å². The van der Waals surface area contributed by atoms with E-state index in [1.54, 1.807) is 12.1 Å². The molecule has 29 heavy (non-hydrogen) atoms. The molecular formula is C24H23FN2O2. The van der Waals surface area contributed by atoms with Crippen LogP contribution in [0.2, 0.25) is 0 Å². The van der Waals surface area contributed by atoms with Gasteiger partial charge in [-0.3, -0.25) is 0 Å². The van der Waals surface area contributed by atoms with E-state index in [-0.39, 0.29) is 12.4 Å². The minimum Gasteiger partial charge on any atom is -0.457 e. The second-order valence-electron chi connectivity index (χ2n) is 6.06. The zero-order chi connectivity index (χ0) is 20.6. The Morgan fingerprint density at radius 3 is 2.10 bits per heavy atom. The maximum Gasteiger partial charge on any atom is 0.132 e. The van der Waals surface area contributed by atoms with Crippen molar-refractivity contribution in [3.8, 4) is 22.8 Å². The summed E-state index contributed by atoms with van der Waals surface area (Å²) in [6.07, 6.45) is 0.406. The van der Waals surface area contributed by atoms with Gasteiger partial charge in [0.25, 0.3) is 0 Å². The Kier molecular flexibility index (Phi) is 6.87. The SMILES string of the molecule is CC.OCCc1nc(-c2ccc(Oc3ccc(F)cc3)cc2)c2ccccc2n1. The molecule has 0 aliphatic carbocycles. The zero-order valence-corrected chi connectivity index (χ0v) is 16.5. The van der Waals surface area contributed by atoms with Gasteiger partial charge in [0.2, 0.25) is 0 Å². The van der Waals surface area contributed by atoms with Crippen molar-refractivity contribution in [2.45, 2.75) is 20.3 Å². The molecule has 1 N–H and O–H groups in total. The summed E-state index contributed by atoms with van der Waals surface area (Å²) in [7, 11) is 0. The predicted molar refractivity (Wildman–Crippen MR) is 114 cm³/mol. The van der Waals surface area contributed by atoms with E-state index >= 15 is 0 Å². The number of nitrogens with zero attached hydrogens (tertiary/aromatic N) is 2. The summed E-state index contributed by atoms with van der Waals surface area (Å²) in [5, 5.41) is 10.2. The number of aliphatic hydroxyl groups is 1. The highest BCUT2D eigenvalue weighted by molar-refractivity contribution is 5.92. The molecule has 0 atom stereocenters. The van der Waals surface area contributed by atoms with Gasteiger partial charge >= 0.3 is 0 Å². The number of ether oxygens (including phenoxy) is 1. The first-order valence-electron chi connectivity index (χ1n) is 9.63. The first-order chi connectivity index (χ1) is 14.2. The summed E-state index contributed by atoms with van der Waals surface area (Å²) in [5.74, 6) is 1.53. The van der Waals surface area contributed by atoms with Crippen molar-refractivity contribution in [1.82, 2.24) is 9.97 Å². The maximum atomic E-state index is 13.0. The summed E-state index contributed by atoms with van der Waals surface area (Å²) in [5.41, 5.74) is 2.59. The largest absolute Gasteiger partial charge is 0.457 e. The van der Waals surface area contributed by atoms with Gasteiger partial charge in [0.1, 0.15) is 23.1 Å². The fraction of sp³-hybridized carbons (Fsp3) is 0.167. The summed E-state index contributed by atoms with van der Waals surface area (Å²) < 4.78 is 18.7. The number of fused-ring (bicyclic) bond motifs is 1. The number of hydrogen-bond donors (Lipinski definition) is 1. The molecule has 0 aliphatic heterocycles. The number of rotatable bonds is 5. The zero-order valence-electron chi connectivity index (χ0n) is 16.5. The second kappa shape index (κ2) is 9.75. The second-order valence-corrected chi connectivity index (χ2v) is 6.06. The van der Waals surface area contributed by atoms with E-state index in [2.05, 4.69) is 9.97 Å². The Labute approximate surface area is 169 Å². The van der Waals surface area contributed by atoms with Crippen LogP contribution in [-0.4, -0.2) is 21.7 Å². The van der Waals surface area contributed by atoms with Crippen LogP contribution in [0.25, 0.3) is 22.2 Å². The topological polar surface area (TPSA) is 55.2 Å². The van der Waals surface area contributed by atoms with Crippen LogP contribution < -0.4 is 4.74 Å². The Morgan fingerprint density at radius 1 is 0.828 bits per heavy atom. The number of hydrogen-bond acceptors (Lipinski definition) is 4. The van der Waals surface area contributed by atoms with Crippen molar-refractivity contribution < 1.29 is 14.2 Å². The number of halogens is 1. The van der Waals surface area contributed by atoms with Gasteiger partial charge in [-0.05, 0) is 54.6 Å². The quantitative estimate of drug-likeness (QED) is 0.469. The Morgan fingerprint density at radius 2 is 1.45 bits per heavy atom. The van der Waals surface area contributed by atoms with Crippen LogP contribution in [0.4, 0.5) is 4.39 Å². The van der Waals surface area contributed by atoms with E-state index in [0.29, 0.717) is 23.7 Å². The molecule has 5 heteroatoms. The molecule has 4 aromatic rings. The molecule has 0 saturated carbocycles. The molecule has 0 fully saturated rings. The molecule has 4 nitrogen and oxygen atoms in total. The number of aromatic nitrogens is 2. The van der Waals surface area contributed by atoms with Gasteiger partial charge in [-0.15, -0.1) is 0 Å². The molecule has 0 radical (unpaired) electrons. The Hall–Kier alpha value is -3.31. The third-order valence-corrected chi connectivity index (χ3v) is 4.16. The highest BCUT2D eigenvalue weighted by Gasteiger charge is 2.10. The van der Waals surface area contributed by atoms with Gasteiger partial charge in [0.05, 0.1) is 17.8 Å². The van der Waals surface area contributed by atoms with E-state index in [9.17, 15) is 9.50 Å². The fourth-order valence-electron chi connectivity index (χ4n) is 2.88. The van der Waals surface area contributed by atoms with Crippen LogP contribution in [-0.2, 0) is 6.42 Å². The van der Waals surface area contributed by atoms with Crippen molar-refractivity contribution >= 4 is 10.9 Å². The van der Waals surface area contributed by atoms with Crippen molar-refractivity contribution in [2.24, 2.45) is 0 Å². The molecule has 0 amide bonds. The normalized spacial score (nSPS) is 10.3. The molecule has 0 spiro atoms. The number of aliphatic hydroxyl groups excluding tert-OH is 1. The lowest BCUT2D eigenvalue weighted by Crippen LogP contribution is -2.01. The molecule has 148 valence electrons. The third kappa shape index (κ3) is 4.95. The Bertz CT molecular complexity index is 1060. The molecule has 3 aromatic carbocycles. The van der Waals surface area contributed by atoms with Gasteiger partial charge in [-0.1, -0.05) is 32.0 Å². The monoisotopic (exact) mass is 390 g/mol. The minimum absolute atomic E-state index is 0.00221. The number of benzene rings is 3. The lowest BCUT2D eigenvalue weighted by atomic mass is 10.1. The Balaban J connectivity index is 0.00000117. The van der Waals surface area contributed by atoms with Crippen molar-refractivity contribution in [3.05, 3.63) is 84.4 Å². The van der Waals surface area contributed by atoms with E-state index in [1.165, 1.54) is 12.1 Å². The lowest BCUT2D eigenvalue weighted by Gasteiger charge is -2.10. The predicted octanol–water partition coefficient (Wildman–Crippen LogP) is 5.79. The van der Waals surface area contributed by atoms with Crippen molar-refractivity contribution in [1.29, 1.82) is 0 Å². The summed E-state index contributed by atoms with van der Waals surface area (Å²) in [4.78, 5) is 9.14. The highest BCUT2D eigenvalue weighted by atomic mass is 19.1. The molecule has 4 rings (SSSR count). The molecule has 0 aliphatic rings. The third-order valence-electron chi connectivity index (χ3n) is 4.16. The standard InChI is InChI=1S/C22H17FN2O2.C2H6/c23-16-7-11-18(12-8-16)27-17-9-5-15(6-10-17)22-19-3-1-2-4-20(19)24-21(25-22)13-14-26;1-2/h1-12,26H,13-14H2;1-2H3. The first kappa shape index (κ1) is 20.4. The molecule has 1 heterocycles. The molecule has 0 unspecified atom stereocenters. The van der Waals surface area contributed by atoms with Crippen LogP contribution in [0.5, 0.6) is 11.5 Å². The smallest absolute Gasteiger partial charge is 0.132 e. The van der Waals surface area contributed by atoms with E-state index < -0.39 is 0 Å². The van der Waals surface area contributed by atoms with Crippen LogP contribution in [0.1, 0.15) is 19.7 Å². The van der Waals surface area contributed by atoms with Crippen LogP contribution >= 0.6 is 0 Å². The average molecular weight is 390 g/mol. The maximum absolute atomic E-state index is 13.0. The van der Waals surface area contributed by atoms with E-state index in [0.717, 1.165) is 22.2 Å². The van der Waals surface area contributed by atoms with Crippen LogP contribution in [0.3, 0.4) is 0 Å². The summed E-state index contributed by atoms with van der Waals surface area (Å²) in [6, 6.07) is 21.2. The lowest BCUT2D eigenvalue weighted by molar-refractivity contribution is 0.297. The molecule has 1 aromatic heterocycles. The first-order valence-corrected chi connectivity index (χ1v) is 9.63. The molecule has 0 bridgehead atoms. The van der Waals surface area contributed by atoms with Gasteiger partial charge in [-0.2, -0.15) is 0 Å². The van der Waals surface area contributed by atoms with Crippen molar-refractivity contribution in [3.63, 3.8) is 0 Å². The molecule has 0 saturated heterocycles. The van der Waals surface area contributed by atoms with Crippen LogP contribution in [0, 0.1) is 5.82 Å². The number of para-hydroxylation sites is 1. The highest BCUT2D eigenvalue weighted by Crippen LogP contribution is 2.29. The van der Waals surface area contributed by atoms with Gasteiger partial charge in [0, 0.05) is 17.4 Å². The summed E-state index contributed by atoms with van der Waals surface area (Å²) >= 11 is 0. The van der Waals surface area contributed by atoms with Crippen molar-refractivity contribution in [2.75, 3.05) is 6.61 Å². The van der Waals surface area contributed by atoms with Gasteiger partial charge < -0.3 is 9.84 Å². The van der Waals surface area contributed by atoms with Crippen LogP contribution in [0.15, 0.2) is 72.8 Å². The van der Waals surface area contributed by atoms with E-state index in [1.807, 2.05) is 62.4 Å². The fourth-order valence-corrected chi connectivity index (χ4v) is 2.88. The van der Waals surface area contributed by atoms with Gasteiger partial charge in [0.15, 0.2) is 0 Å². The molecular weight excluding hydrogens is 367 g/mol. The minimum atomic E-state index is -0.299. The summed E-state index contributed by atoms with van der Waals surface area (Å²) in [6.45, 7) is 4.00. The average Bonchev–Trinajstić information content (AvgIpc) is 2.77.